The highest BCUT2D eigenvalue weighted by Crippen LogP contribution is 2.35. The predicted octanol–water partition coefficient (Wildman–Crippen LogP) is 4.84. The van der Waals surface area contributed by atoms with Gasteiger partial charge in [-0.15, -0.1) is 0 Å². The van der Waals surface area contributed by atoms with E-state index in [1.165, 1.54) is 5.56 Å². The molecule has 0 amide bonds. The van der Waals surface area contributed by atoms with Crippen molar-refractivity contribution in [2.24, 2.45) is 5.73 Å². The smallest absolute Gasteiger partial charge is 0.227 e. The van der Waals surface area contributed by atoms with E-state index >= 15 is 0 Å². The zero-order chi connectivity index (χ0) is 16.7. The van der Waals surface area contributed by atoms with Crippen LogP contribution in [0.5, 0.6) is 0 Å². The molecule has 1 aromatic heterocycles. The van der Waals surface area contributed by atoms with Gasteiger partial charge in [-0.2, -0.15) is 0 Å². The molecule has 0 spiro atoms. The Labute approximate surface area is 148 Å². The summed E-state index contributed by atoms with van der Waals surface area (Å²) < 4.78 is 6.96. The molecule has 0 aliphatic rings. The third-order valence-electron chi connectivity index (χ3n) is 3.95. The second-order valence-electron chi connectivity index (χ2n) is 5.47. The average Bonchev–Trinajstić information content (AvgIpc) is 2.90. The first-order valence-electron chi connectivity index (χ1n) is 7.11. The number of hydrogen-bond acceptors (Lipinski definition) is 3. The van der Waals surface area contributed by atoms with Crippen LogP contribution >= 0.6 is 28.1 Å². The quantitative estimate of drug-likeness (QED) is 0.613. The number of aromatic nitrogens is 1. The number of nitrogens with zero attached hydrogens (tertiary/aromatic N) is 1. The molecule has 4 nitrogen and oxygen atoms in total. The van der Waals surface area contributed by atoms with Crippen molar-refractivity contribution in [2.45, 2.75) is 20.8 Å². The molecule has 23 heavy (non-hydrogen) atoms. The van der Waals surface area contributed by atoms with Crippen molar-refractivity contribution < 1.29 is 4.42 Å². The Balaban J connectivity index is 2.18. The Morgan fingerprint density at radius 1 is 1.26 bits per heavy atom. The van der Waals surface area contributed by atoms with Gasteiger partial charge in [-0.3, -0.25) is 0 Å². The maximum atomic E-state index is 6.01. The monoisotopic (exact) mass is 389 g/mol. The number of rotatable bonds is 2. The largest absolute Gasteiger partial charge is 0.435 e. The van der Waals surface area contributed by atoms with Gasteiger partial charge in [0.25, 0.3) is 0 Å². The number of halogens is 1. The Kier molecular flexibility index (Phi) is 4.12. The number of nitrogens with two attached hydrogens (primary N) is 1. The van der Waals surface area contributed by atoms with Crippen LogP contribution in [0.25, 0.3) is 22.6 Å². The third-order valence-corrected chi connectivity index (χ3v) is 5.01. The van der Waals surface area contributed by atoms with Crippen molar-refractivity contribution in [3.8, 4) is 11.5 Å². The van der Waals surface area contributed by atoms with Crippen molar-refractivity contribution in [1.82, 2.24) is 4.98 Å². The maximum absolute atomic E-state index is 6.01. The summed E-state index contributed by atoms with van der Waals surface area (Å²) in [7, 11) is 0. The lowest BCUT2D eigenvalue weighted by atomic mass is 10.1. The van der Waals surface area contributed by atoms with E-state index in [2.05, 4.69) is 40.1 Å². The van der Waals surface area contributed by atoms with Crippen molar-refractivity contribution in [1.29, 1.82) is 0 Å². The molecule has 3 N–H and O–H groups in total. The van der Waals surface area contributed by atoms with Crippen LogP contribution in [-0.2, 0) is 0 Å². The SMILES string of the molecule is Cc1cc2nc(-c3cccc(NC(N)=S)c3C)oc2c(Br)c1C. The average molecular weight is 390 g/mol. The highest BCUT2D eigenvalue weighted by atomic mass is 79.9. The fourth-order valence-electron chi connectivity index (χ4n) is 2.49. The lowest BCUT2D eigenvalue weighted by Crippen LogP contribution is -2.19. The van der Waals surface area contributed by atoms with Crippen LogP contribution in [0.1, 0.15) is 16.7 Å². The number of benzene rings is 2. The van der Waals surface area contributed by atoms with Gasteiger partial charge in [0.05, 0.1) is 4.47 Å². The van der Waals surface area contributed by atoms with Gasteiger partial charge < -0.3 is 15.5 Å². The minimum atomic E-state index is 0.233. The fourth-order valence-corrected chi connectivity index (χ4v) is 3.20. The molecular formula is C17H16BrN3OS. The van der Waals surface area contributed by atoms with Crippen LogP contribution in [0.2, 0.25) is 0 Å². The van der Waals surface area contributed by atoms with Crippen LogP contribution in [-0.4, -0.2) is 10.1 Å². The van der Waals surface area contributed by atoms with Crippen LogP contribution in [0.15, 0.2) is 33.2 Å². The first-order chi connectivity index (χ1) is 10.9. The molecule has 0 aliphatic carbocycles. The van der Waals surface area contributed by atoms with Gasteiger partial charge in [-0.05, 0) is 83.8 Å². The van der Waals surface area contributed by atoms with E-state index in [0.29, 0.717) is 5.89 Å². The molecule has 3 rings (SSSR count). The van der Waals surface area contributed by atoms with Crippen molar-refractivity contribution in [3.05, 3.63) is 45.4 Å². The van der Waals surface area contributed by atoms with Crippen LogP contribution < -0.4 is 11.1 Å². The zero-order valence-electron chi connectivity index (χ0n) is 13.0. The molecule has 0 saturated heterocycles. The van der Waals surface area contributed by atoms with Crippen LogP contribution in [0.4, 0.5) is 5.69 Å². The van der Waals surface area contributed by atoms with E-state index in [9.17, 15) is 0 Å². The van der Waals surface area contributed by atoms with Gasteiger partial charge in [0, 0.05) is 11.3 Å². The standard InChI is InChI=1S/C17H16BrN3OS/c1-8-7-13-15(14(18)9(8)2)22-16(20-13)11-5-4-6-12(10(11)3)21-17(19)23/h4-7H,1-3H3,(H3,19,21,23). The van der Waals surface area contributed by atoms with Gasteiger partial charge in [-0.25, -0.2) is 4.98 Å². The number of oxazole rings is 1. The van der Waals surface area contributed by atoms with Crippen LogP contribution in [0.3, 0.4) is 0 Å². The summed E-state index contributed by atoms with van der Waals surface area (Å²) in [6.45, 7) is 6.10. The van der Waals surface area contributed by atoms with Gasteiger partial charge in [0.15, 0.2) is 10.7 Å². The number of hydrogen-bond donors (Lipinski definition) is 2. The first kappa shape index (κ1) is 16.0. The Hall–Kier alpha value is -1.92. The van der Waals surface area contributed by atoms with Gasteiger partial charge in [-0.1, -0.05) is 6.07 Å². The molecular weight excluding hydrogens is 374 g/mol. The Bertz CT molecular complexity index is 933. The molecule has 3 aromatic rings. The molecule has 2 aromatic carbocycles. The normalized spacial score (nSPS) is 11.0. The summed E-state index contributed by atoms with van der Waals surface area (Å²) >= 11 is 8.52. The molecule has 0 saturated carbocycles. The van der Waals surface area contributed by atoms with Gasteiger partial charge in [0.2, 0.25) is 5.89 Å². The highest BCUT2D eigenvalue weighted by molar-refractivity contribution is 9.10. The molecule has 6 heteroatoms. The van der Waals surface area contributed by atoms with E-state index in [1.807, 2.05) is 31.2 Å². The zero-order valence-corrected chi connectivity index (χ0v) is 15.4. The maximum Gasteiger partial charge on any atom is 0.227 e. The molecule has 118 valence electrons. The third kappa shape index (κ3) is 2.84. The second-order valence-corrected chi connectivity index (χ2v) is 6.70. The van der Waals surface area contributed by atoms with E-state index < -0.39 is 0 Å². The predicted molar refractivity (Wildman–Crippen MR) is 102 cm³/mol. The summed E-state index contributed by atoms with van der Waals surface area (Å²) in [6, 6.07) is 7.85. The molecule has 0 atom stereocenters. The minimum Gasteiger partial charge on any atom is -0.435 e. The van der Waals surface area contributed by atoms with E-state index in [4.69, 9.17) is 22.4 Å². The number of aryl methyl sites for hydroxylation is 1. The van der Waals surface area contributed by atoms with E-state index in [0.717, 1.165) is 38.0 Å². The van der Waals surface area contributed by atoms with E-state index in [1.54, 1.807) is 0 Å². The number of nitrogens with one attached hydrogen (secondary N) is 1. The molecule has 0 radical (unpaired) electrons. The molecule has 0 aliphatic heterocycles. The van der Waals surface area contributed by atoms with Crippen molar-refractivity contribution >= 4 is 50.0 Å². The lowest BCUT2D eigenvalue weighted by Gasteiger charge is -2.10. The summed E-state index contributed by atoms with van der Waals surface area (Å²) in [5.74, 6) is 0.579. The van der Waals surface area contributed by atoms with Crippen molar-refractivity contribution in [2.75, 3.05) is 5.32 Å². The van der Waals surface area contributed by atoms with Crippen molar-refractivity contribution in [3.63, 3.8) is 0 Å². The summed E-state index contributed by atoms with van der Waals surface area (Å²) in [4.78, 5) is 4.64. The number of thiocarbonyl (C=S) groups is 1. The number of fused-ring (bicyclic) bond motifs is 1. The lowest BCUT2D eigenvalue weighted by molar-refractivity contribution is 0.617. The molecule has 1 heterocycles. The summed E-state index contributed by atoms with van der Waals surface area (Å²) in [6.07, 6.45) is 0. The fraction of sp³-hybridized carbons (Fsp3) is 0.176. The molecule has 0 bridgehead atoms. The summed E-state index contributed by atoms with van der Waals surface area (Å²) in [5, 5.41) is 3.21. The minimum absolute atomic E-state index is 0.233. The molecule has 0 fully saturated rings. The number of anilines is 1. The van der Waals surface area contributed by atoms with Gasteiger partial charge >= 0.3 is 0 Å². The Morgan fingerprint density at radius 2 is 2.00 bits per heavy atom. The topological polar surface area (TPSA) is 64.1 Å². The van der Waals surface area contributed by atoms with E-state index in [-0.39, 0.29) is 5.11 Å². The first-order valence-corrected chi connectivity index (χ1v) is 8.31. The second kappa shape index (κ2) is 5.94. The summed E-state index contributed by atoms with van der Waals surface area (Å²) in [5.41, 5.74) is 12.2. The highest BCUT2D eigenvalue weighted by Gasteiger charge is 2.16. The molecule has 0 unspecified atom stereocenters. The van der Waals surface area contributed by atoms with Gasteiger partial charge in [0.1, 0.15) is 5.52 Å². The van der Waals surface area contributed by atoms with Crippen LogP contribution in [0, 0.1) is 20.8 Å². The Morgan fingerprint density at radius 3 is 2.70 bits per heavy atom.